The highest BCUT2D eigenvalue weighted by molar-refractivity contribution is 7.13. The van der Waals surface area contributed by atoms with Crippen molar-refractivity contribution in [2.75, 3.05) is 19.0 Å². The van der Waals surface area contributed by atoms with Crippen molar-refractivity contribution in [1.29, 1.82) is 0 Å². The van der Waals surface area contributed by atoms with Gasteiger partial charge in [0.05, 0.1) is 11.1 Å². The molecule has 0 atom stereocenters. The Kier molecular flexibility index (Phi) is 4.53. The van der Waals surface area contributed by atoms with Gasteiger partial charge in [-0.15, -0.1) is 11.3 Å². The standard InChI is InChI=1S/C15H17N3OS/c1-11-4-9-14(20-11)15(19)17-16-10-12-5-7-13(8-6-12)18(2)3/h4-10H,1-3H3,(H,17,19). The smallest absolute Gasteiger partial charge is 0.281 e. The molecule has 0 spiro atoms. The lowest BCUT2D eigenvalue weighted by Crippen LogP contribution is -2.16. The number of nitrogens with zero attached hydrogens (tertiary/aromatic N) is 2. The van der Waals surface area contributed by atoms with Crippen molar-refractivity contribution in [3.8, 4) is 0 Å². The third-order valence-electron chi connectivity index (χ3n) is 2.75. The zero-order valence-corrected chi connectivity index (χ0v) is 12.6. The molecule has 1 aromatic heterocycles. The van der Waals surface area contributed by atoms with Gasteiger partial charge in [-0.2, -0.15) is 5.10 Å². The van der Waals surface area contributed by atoms with Crippen molar-refractivity contribution in [2.45, 2.75) is 6.92 Å². The highest BCUT2D eigenvalue weighted by Gasteiger charge is 2.05. The molecule has 0 aliphatic heterocycles. The lowest BCUT2D eigenvalue weighted by Gasteiger charge is -2.11. The molecular weight excluding hydrogens is 270 g/mol. The number of amides is 1. The largest absolute Gasteiger partial charge is 0.378 e. The summed E-state index contributed by atoms with van der Waals surface area (Å²) in [7, 11) is 3.98. The fourth-order valence-corrected chi connectivity index (χ4v) is 2.39. The predicted octanol–water partition coefficient (Wildman–Crippen LogP) is 2.89. The van der Waals surface area contributed by atoms with Crippen LogP contribution in [0.25, 0.3) is 0 Å². The fraction of sp³-hybridized carbons (Fsp3) is 0.200. The third kappa shape index (κ3) is 3.68. The number of carbonyl (C=O) groups excluding carboxylic acids is 1. The summed E-state index contributed by atoms with van der Waals surface area (Å²) in [5.74, 6) is -0.177. The fourth-order valence-electron chi connectivity index (χ4n) is 1.64. The van der Waals surface area contributed by atoms with Crippen molar-refractivity contribution < 1.29 is 4.79 Å². The Bertz CT molecular complexity index is 614. The SMILES string of the molecule is Cc1ccc(C(=O)NN=Cc2ccc(N(C)C)cc2)s1. The summed E-state index contributed by atoms with van der Waals surface area (Å²) in [6.07, 6.45) is 1.64. The molecule has 0 unspecified atom stereocenters. The van der Waals surface area contributed by atoms with Gasteiger partial charge >= 0.3 is 0 Å². The highest BCUT2D eigenvalue weighted by Crippen LogP contribution is 2.14. The van der Waals surface area contributed by atoms with Gasteiger partial charge in [-0.05, 0) is 36.8 Å². The zero-order valence-electron chi connectivity index (χ0n) is 11.8. The second-order valence-corrected chi connectivity index (χ2v) is 5.88. The number of carbonyl (C=O) groups is 1. The Hall–Kier alpha value is -2.14. The maximum absolute atomic E-state index is 11.8. The minimum atomic E-state index is -0.177. The van der Waals surface area contributed by atoms with Crippen LogP contribution in [-0.2, 0) is 0 Å². The summed E-state index contributed by atoms with van der Waals surface area (Å²) in [5, 5.41) is 3.97. The van der Waals surface area contributed by atoms with Crippen molar-refractivity contribution in [3.05, 3.63) is 51.7 Å². The zero-order chi connectivity index (χ0) is 14.5. The molecular formula is C15H17N3OS. The van der Waals surface area contributed by atoms with Crippen LogP contribution in [0.4, 0.5) is 5.69 Å². The Morgan fingerprint density at radius 2 is 1.90 bits per heavy atom. The molecule has 20 heavy (non-hydrogen) atoms. The molecule has 1 aromatic carbocycles. The van der Waals surface area contributed by atoms with E-state index in [9.17, 15) is 4.79 Å². The molecule has 2 rings (SSSR count). The molecule has 4 nitrogen and oxygen atoms in total. The molecule has 0 aliphatic carbocycles. The van der Waals surface area contributed by atoms with Gasteiger partial charge < -0.3 is 4.90 Å². The minimum absolute atomic E-state index is 0.177. The Labute approximate surface area is 122 Å². The summed E-state index contributed by atoms with van der Waals surface area (Å²) in [6.45, 7) is 1.97. The van der Waals surface area contributed by atoms with E-state index in [1.54, 1.807) is 12.3 Å². The predicted molar refractivity (Wildman–Crippen MR) is 84.9 cm³/mol. The number of nitrogens with one attached hydrogen (secondary N) is 1. The number of thiophene rings is 1. The van der Waals surface area contributed by atoms with Gasteiger partial charge in [0, 0.05) is 24.7 Å². The molecule has 0 saturated carbocycles. The van der Waals surface area contributed by atoms with E-state index in [4.69, 9.17) is 0 Å². The van der Waals surface area contributed by atoms with Crippen LogP contribution in [0, 0.1) is 6.92 Å². The number of benzene rings is 1. The number of hydrogen-bond donors (Lipinski definition) is 1. The summed E-state index contributed by atoms with van der Waals surface area (Å²) >= 11 is 1.46. The lowest BCUT2D eigenvalue weighted by molar-refractivity contribution is 0.0959. The second-order valence-electron chi connectivity index (χ2n) is 4.60. The van der Waals surface area contributed by atoms with E-state index in [1.165, 1.54) is 11.3 Å². The van der Waals surface area contributed by atoms with Crippen LogP contribution >= 0.6 is 11.3 Å². The number of hydrogen-bond acceptors (Lipinski definition) is 4. The average molecular weight is 287 g/mol. The van der Waals surface area contributed by atoms with Gasteiger partial charge in [0.1, 0.15) is 0 Å². The van der Waals surface area contributed by atoms with Crippen LogP contribution in [0.2, 0.25) is 0 Å². The van der Waals surface area contributed by atoms with Crippen molar-refractivity contribution >= 4 is 29.1 Å². The van der Waals surface area contributed by atoms with E-state index in [0.717, 1.165) is 16.1 Å². The number of anilines is 1. The Morgan fingerprint density at radius 1 is 1.20 bits per heavy atom. The highest BCUT2D eigenvalue weighted by atomic mass is 32.1. The van der Waals surface area contributed by atoms with Crippen LogP contribution in [-0.4, -0.2) is 26.2 Å². The van der Waals surface area contributed by atoms with Gasteiger partial charge in [0.15, 0.2) is 0 Å². The van der Waals surface area contributed by atoms with Crippen LogP contribution in [0.15, 0.2) is 41.5 Å². The summed E-state index contributed by atoms with van der Waals surface area (Å²) in [5.41, 5.74) is 4.60. The van der Waals surface area contributed by atoms with Gasteiger partial charge in [0.25, 0.3) is 5.91 Å². The van der Waals surface area contributed by atoms with E-state index in [-0.39, 0.29) is 5.91 Å². The molecule has 104 valence electrons. The number of hydrazone groups is 1. The first-order valence-electron chi connectivity index (χ1n) is 6.23. The first kappa shape index (κ1) is 14.3. The van der Waals surface area contributed by atoms with Gasteiger partial charge in [-0.25, -0.2) is 5.43 Å². The normalized spacial score (nSPS) is 10.8. The minimum Gasteiger partial charge on any atom is -0.378 e. The van der Waals surface area contributed by atoms with Crippen LogP contribution in [0.1, 0.15) is 20.1 Å². The Balaban J connectivity index is 1.94. The number of aryl methyl sites for hydroxylation is 1. The molecule has 0 aliphatic rings. The first-order chi connectivity index (χ1) is 9.56. The molecule has 1 heterocycles. The quantitative estimate of drug-likeness (QED) is 0.694. The molecule has 0 radical (unpaired) electrons. The molecule has 2 aromatic rings. The monoisotopic (exact) mass is 287 g/mol. The lowest BCUT2D eigenvalue weighted by atomic mass is 10.2. The molecule has 5 heteroatoms. The van der Waals surface area contributed by atoms with Crippen molar-refractivity contribution in [2.24, 2.45) is 5.10 Å². The summed E-state index contributed by atoms with van der Waals surface area (Å²) in [6, 6.07) is 11.7. The molecule has 0 bridgehead atoms. The third-order valence-corrected chi connectivity index (χ3v) is 3.75. The maximum Gasteiger partial charge on any atom is 0.281 e. The topological polar surface area (TPSA) is 44.7 Å². The van der Waals surface area contributed by atoms with Gasteiger partial charge in [-0.3, -0.25) is 4.79 Å². The average Bonchev–Trinajstić information content (AvgIpc) is 2.86. The molecule has 0 saturated heterocycles. The summed E-state index contributed by atoms with van der Waals surface area (Å²) in [4.78, 5) is 15.6. The van der Waals surface area contributed by atoms with Crippen LogP contribution in [0.3, 0.4) is 0 Å². The molecule has 1 amide bonds. The van der Waals surface area contributed by atoms with Gasteiger partial charge in [0.2, 0.25) is 0 Å². The maximum atomic E-state index is 11.8. The van der Waals surface area contributed by atoms with E-state index >= 15 is 0 Å². The van der Waals surface area contributed by atoms with E-state index in [0.29, 0.717) is 4.88 Å². The van der Waals surface area contributed by atoms with Crippen LogP contribution < -0.4 is 10.3 Å². The van der Waals surface area contributed by atoms with Gasteiger partial charge in [-0.1, -0.05) is 12.1 Å². The van der Waals surface area contributed by atoms with Crippen molar-refractivity contribution in [3.63, 3.8) is 0 Å². The van der Waals surface area contributed by atoms with Crippen LogP contribution in [0.5, 0.6) is 0 Å². The molecule has 0 fully saturated rings. The van der Waals surface area contributed by atoms with E-state index in [1.807, 2.05) is 56.3 Å². The summed E-state index contributed by atoms with van der Waals surface area (Å²) < 4.78 is 0. The first-order valence-corrected chi connectivity index (χ1v) is 7.05. The second kappa shape index (κ2) is 6.34. The van der Waals surface area contributed by atoms with Crippen molar-refractivity contribution in [1.82, 2.24) is 5.43 Å². The Morgan fingerprint density at radius 3 is 2.45 bits per heavy atom. The number of rotatable bonds is 4. The van der Waals surface area contributed by atoms with E-state index < -0.39 is 0 Å². The molecule has 1 N–H and O–H groups in total. The van der Waals surface area contributed by atoms with E-state index in [2.05, 4.69) is 10.5 Å².